The monoisotopic (exact) mass is 233 g/mol. The number of sulfonamides is 1. The Hall–Kier alpha value is -1.64. The van der Waals surface area contributed by atoms with E-state index in [-0.39, 0.29) is 18.3 Å². The van der Waals surface area contributed by atoms with Crippen LogP contribution in [-0.2, 0) is 21.4 Å². The minimum atomic E-state index is -3.36. The fourth-order valence-electron chi connectivity index (χ4n) is 0.839. The molecule has 84 valence electrons. The van der Waals surface area contributed by atoms with E-state index < -0.39 is 10.0 Å². The highest BCUT2D eigenvalue weighted by atomic mass is 32.2. The minimum Gasteiger partial charge on any atom is -0.358 e. The number of likely N-dealkylation sites (N-methyl/N-ethyl adjacent to an activating group) is 1. The highest BCUT2D eigenvalue weighted by Crippen LogP contribution is 2.01. The second kappa shape index (κ2) is 4.26. The molecule has 1 rings (SSSR count). The number of rotatable bonds is 4. The van der Waals surface area contributed by atoms with Crippen molar-refractivity contribution in [1.29, 1.82) is 0 Å². The van der Waals surface area contributed by atoms with Gasteiger partial charge in [-0.25, -0.2) is 13.1 Å². The number of nitrogens with zero attached hydrogens (tertiary/aromatic N) is 3. The lowest BCUT2D eigenvalue weighted by atomic mass is 10.6. The van der Waals surface area contributed by atoms with Crippen LogP contribution in [-0.4, -0.2) is 42.6 Å². The molecule has 0 atom stereocenters. The Bertz CT molecular complexity index is 451. The smallest absolute Gasteiger partial charge is 0.241 e. The van der Waals surface area contributed by atoms with Crippen LogP contribution in [0.15, 0.2) is 6.20 Å². The first kappa shape index (κ1) is 11.4. The summed E-state index contributed by atoms with van der Waals surface area (Å²) in [6, 6.07) is 0. The molecule has 1 aromatic heterocycles. The van der Waals surface area contributed by atoms with Crippen LogP contribution < -0.4 is 10.0 Å². The summed E-state index contributed by atoms with van der Waals surface area (Å²) in [7, 11) is -1.87. The molecule has 0 spiro atoms. The largest absolute Gasteiger partial charge is 0.358 e. The van der Waals surface area contributed by atoms with E-state index in [0.717, 1.165) is 6.26 Å². The van der Waals surface area contributed by atoms with Crippen LogP contribution >= 0.6 is 0 Å². The molecule has 9 heteroatoms. The highest BCUT2D eigenvalue weighted by Gasteiger charge is 2.07. The molecule has 0 bridgehead atoms. The maximum Gasteiger partial charge on any atom is 0.241 e. The Kier molecular flexibility index (Phi) is 3.24. The zero-order valence-electron chi connectivity index (χ0n) is 8.26. The van der Waals surface area contributed by atoms with Crippen LogP contribution in [0, 0.1) is 0 Å². The maximum absolute atomic E-state index is 10.9. The van der Waals surface area contributed by atoms with Gasteiger partial charge in [-0.15, -0.1) is 5.10 Å². The molecule has 0 aliphatic carbocycles. The highest BCUT2D eigenvalue weighted by molar-refractivity contribution is 7.92. The van der Waals surface area contributed by atoms with Gasteiger partial charge in [0.05, 0.1) is 12.5 Å². The molecule has 0 aliphatic rings. The summed E-state index contributed by atoms with van der Waals surface area (Å²) in [6.45, 7) is -0.00502. The number of carbonyl (C=O) groups is 1. The van der Waals surface area contributed by atoms with Gasteiger partial charge in [-0.2, -0.15) is 0 Å². The molecule has 0 aromatic carbocycles. The molecule has 0 unspecified atom stereocenters. The van der Waals surface area contributed by atoms with Gasteiger partial charge in [0, 0.05) is 7.05 Å². The first-order valence-electron chi connectivity index (χ1n) is 3.99. The van der Waals surface area contributed by atoms with E-state index in [2.05, 4.69) is 20.4 Å². The van der Waals surface area contributed by atoms with Gasteiger partial charge in [0.2, 0.25) is 15.9 Å². The van der Waals surface area contributed by atoms with Crippen molar-refractivity contribution in [2.24, 2.45) is 0 Å². The predicted octanol–water partition coefficient (Wildman–Crippen LogP) is -1.60. The van der Waals surface area contributed by atoms with Crippen molar-refractivity contribution in [1.82, 2.24) is 20.3 Å². The number of anilines is 1. The topological polar surface area (TPSA) is 106 Å². The van der Waals surface area contributed by atoms with Gasteiger partial charge >= 0.3 is 0 Å². The summed E-state index contributed by atoms with van der Waals surface area (Å²) in [5, 5.41) is 9.50. The Morgan fingerprint density at radius 2 is 2.27 bits per heavy atom. The van der Waals surface area contributed by atoms with Crippen molar-refractivity contribution >= 4 is 21.7 Å². The summed E-state index contributed by atoms with van der Waals surface area (Å²) in [4.78, 5) is 10.9. The number of hydrogen-bond acceptors (Lipinski definition) is 5. The van der Waals surface area contributed by atoms with E-state index in [0.29, 0.717) is 0 Å². The first-order valence-corrected chi connectivity index (χ1v) is 5.88. The Morgan fingerprint density at radius 1 is 1.60 bits per heavy atom. The van der Waals surface area contributed by atoms with Crippen molar-refractivity contribution in [3.05, 3.63) is 6.20 Å². The SMILES string of the molecule is CNC(=O)Cn1cc(NS(C)(=O)=O)nn1. The van der Waals surface area contributed by atoms with Crippen molar-refractivity contribution in [2.45, 2.75) is 6.54 Å². The van der Waals surface area contributed by atoms with Gasteiger partial charge in [0.15, 0.2) is 5.82 Å². The van der Waals surface area contributed by atoms with Crippen LogP contribution in [0.3, 0.4) is 0 Å². The quantitative estimate of drug-likeness (QED) is 0.651. The molecule has 0 saturated carbocycles. The molecule has 0 fully saturated rings. The third-order valence-electron chi connectivity index (χ3n) is 1.41. The third kappa shape index (κ3) is 3.94. The molecule has 1 aromatic rings. The first-order chi connectivity index (χ1) is 6.90. The van der Waals surface area contributed by atoms with E-state index in [1.54, 1.807) is 0 Å². The standard InChI is InChI=1S/C6H11N5O3S/c1-7-6(12)4-11-3-5(8-10-11)9-15(2,13)14/h3,9H,4H2,1-2H3,(H,7,12). The Labute approximate surface area is 86.7 Å². The van der Waals surface area contributed by atoms with Gasteiger partial charge in [-0.05, 0) is 0 Å². The molecule has 0 saturated heterocycles. The number of hydrogen-bond donors (Lipinski definition) is 2. The van der Waals surface area contributed by atoms with E-state index in [9.17, 15) is 13.2 Å². The summed E-state index contributed by atoms with van der Waals surface area (Å²) in [5.74, 6) is -0.160. The van der Waals surface area contributed by atoms with Gasteiger partial charge in [0.1, 0.15) is 6.54 Å². The van der Waals surface area contributed by atoms with Gasteiger partial charge in [-0.3, -0.25) is 9.52 Å². The lowest BCUT2D eigenvalue weighted by Gasteiger charge is -1.98. The van der Waals surface area contributed by atoms with Gasteiger partial charge < -0.3 is 5.32 Å². The predicted molar refractivity (Wildman–Crippen MR) is 52.6 cm³/mol. The van der Waals surface area contributed by atoms with Crippen molar-refractivity contribution < 1.29 is 13.2 Å². The Balaban J connectivity index is 2.69. The number of aromatic nitrogens is 3. The average Bonchev–Trinajstić information content (AvgIpc) is 2.49. The van der Waals surface area contributed by atoms with Gasteiger partial charge in [0.25, 0.3) is 0 Å². The molecule has 1 heterocycles. The second-order valence-electron chi connectivity index (χ2n) is 2.85. The zero-order valence-corrected chi connectivity index (χ0v) is 9.08. The van der Waals surface area contributed by atoms with Crippen molar-refractivity contribution in [3.8, 4) is 0 Å². The van der Waals surface area contributed by atoms with Crippen molar-refractivity contribution in [2.75, 3.05) is 18.0 Å². The van der Waals surface area contributed by atoms with Crippen LogP contribution in [0.5, 0.6) is 0 Å². The lowest BCUT2D eigenvalue weighted by Crippen LogP contribution is -2.23. The van der Waals surface area contributed by atoms with E-state index >= 15 is 0 Å². The summed E-state index contributed by atoms with van der Waals surface area (Å²) >= 11 is 0. The fourth-order valence-corrected chi connectivity index (χ4v) is 1.31. The van der Waals surface area contributed by atoms with E-state index in [1.165, 1.54) is 17.9 Å². The minimum absolute atomic E-state index is 0.00502. The van der Waals surface area contributed by atoms with Gasteiger partial charge in [-0.1, -0.05) is 5.21 Å². The molecular formula is C6H11N5O3S. The van der Waals surface area contributed by atoms with Crippen LogP contribution in [0.1, 0.15) is 0 Å². The van der Waals surface area contributed by atoms with Crippen LogP contribution in [0.2, 0.25) is 0 Å². The van der Waals surface area contributed by atoms with Crippen LogP contribution in [0.25, 0.3) is 0 Å². The number of nitrogens with one attached hydrogen (secondary N) is 2. The third-order valence-corrected chi connectivity index (χ3v) is 1.99. The maximum atomic E-state index is 10.9. The number of carbonyl (C=O) groups excluding carboxylic acids is 1. The average molecular weight is 233 g/mol. The normalized spacial score (nSPS) is 11.1. The van der Waals surface area contributed by atoms with Crippen molar-refractivity contribution in [3.63, 3.8) is 0 Å². The summed E-state index contributed by atoms with van der Waals surface area (Å²) in [5.41, 5.74) is 0. The molecular weight excluding hydrogens is 222 g/mol. The molecule has 0 radical (unpaired) electrons. The summed E-state index contributed by atoms with van der Waals surface area (Å²) < 4.78 is 25.0. The molecule has 8 nitrogen and oxygen atoms in total. The molecule has 0 aliphatic heterocycles. The number of amides is 1. The Morgan fingerprint density at radius 3 is 2.80 bits per heavy atom. The van der Waals surface area contributed by atoms with Crippen LogP contribution in [0.4, 0.5) is 5.82 Å². The fraction of sp³-hybridized carbons (Fsp3) is 0.500. The second-order valence-corrected chi connectivity index (χ2v) is 4.60. The summed E-state index contributed by atoms with van der Waals surface area (Å²) in [6.07, 6.45) is 2.33. The molecule has 2 N–H and O–H groups in total. The van der Waals surface area contributed by atoms with E-state index in [4.69, 9.17) is 0 Å². The molecule has 15 heavy (non-hydrogen) atoms. The zero-order chi connectivity index (χ0) is 11.5. The molecule has 1 amide bonds. The lowest BCUT2D eigenvalue weighted by molar-refractivity contribution is -0.121. The van der Waals surface area contributed by atoms with E-state index in [1.807, 2.05) is 0 Å².